The first-order valence-electron chi connectivity index (χ1n) is 4.93. The number of cyclic esters (lactones) is 1. The van der Waals surface area contributed by atoms with Crippen LogP contribution < -0.4 is 5.73 Å². The zero-order valence-corrected chi connectivity index (χ0v) is 9.46. The lowest BCUT2D eigenvalue weighted by molar-refractivity contribution is 0.130. The molecule has 1 heterocycles. The summed E-state index contributed by atoms with van der Waals surface area (Å²) in [7, 11) is 0. The quantitative estimate of drug-likeness (QED) is 0.728. The van der Waals surface area contributed by atoms with Crippen LogP contribution in [0.1, 0.15) is 27.7 Å². The number of hydrogen-bond acceptors (Lipinski definition) is 3. The Hall–Kier alpha value is -0.770. The minimum absolute atomic E-state index is 0.0692. The lowest BCUT2D eigenvalue weighted by Gasteiger charge is -2.35. The van der Waals surface area contributed by atoms with Crippen molar-refractivity contribution in [3.63, 3.8) is 0 Å². The van der Waals surface area contributed by atoms with E-state index < -0.39 is 0 Å². The van der Waals surface area contributed by atoms with Gasteiger partial charge in [0.1, 0.15) is 6.61 Å². The summed E-state index contributed by atoms with van der Waals surface area (Å²) in [6.07, 6.45) is -0.243. The lowest BCUT2D eigenvalue weighted by Crippen LogP contribution is -2.52. The Morgan fingerprint density at radius 1 is 1.57 bits per heavy atom. The Labute approximate surface area is 85.4 Å². The maximum absolute atomic E-state index is 11.5. The molecule has 0 aliphatic carbocycles. The van der Waals surface area contributed by atoms with Crippen molar-refractivity contribution in [3.05, 3.63) is 0 Å². The highest BCUT2D eigenvalue weighted by Gasteiger charge is 2.43. The molecule has 1 saturated heterocycles. The molecule has 2 N–H and O–H groups in total. The van der Waals surface area contributed by atoms with Crippen LogP contribution in [0.25, 0.3) is 0 Å². The Morgan fingerprint density at radius 3 is 2.57 bits per heavy atom. The van der Waals surface area contributed by atoms with Gasteiger partial charge in [-0.1, -0.05) is 20.8 Å². The fourth-order valence-corrected chi connectivity index (χ4v) is 1.49. The second-order valence-electron chi connectivity index (χ2n) is 5.40. The highest BCUT2D eigenvalue weighted by atomic mass is 16.6. The average molecular weight is 200 g/mol. The first-order chi connectivity index (χ1) is 6.28. The standard InChI is InChI=1S/C10H20N2O2/c1-9(2,3)6-12-8(13)14-7-10(12,4)5-11/h5-7,11H2,1-4H3. The number of rotatable bonds is 2. The van der Waals surface area contributed by atoms with E-state index in [4.69, 9.17) is 10.5 Å². The third kappa shape index (κ3) is 2.18. The van der Waals surface area contributed by atoms with Gasteiger partial charge in [-0.25, -0.2) is 4.79 Å². The van der Waals surface area contributed by atoms with Crippen LogP contribution in [-0.2, 0) is 4.74 Å². The minimum atomic E-state index is -0.329. The van der Waals surface area contributed by atoms with Gasteiger partial charge in [0, 0.05) is 13.1 Å². The highest BCUT2D eigenvalue weighted by molar-refractivity contribution is 5.71. The molecule has 1 atom stereocenters. The smallest absolute Gasteiger partial charge is 0.410 e. The van der Waals surface area contributed by atoms with Crippen LogP contribution in [-0.4, -0.2) is 36.2 Å². The third-order valence-corrected chi connectivity index (χ3v) is 2.45. The monoisotopic (exact) mass is 200 g/mol. The molecule has 0 spiro atoms. The molecule has 0 aromatic rings. The van der Waals surface area contributed by atoms with E-state index in [1.807, 2.05) is 6.92 Å². The van der Waals surface area contributed by atoms with E-state index in [0.717, 1.165) is 0 Å². The van der Waals surface area contributed by atoms with Gasteiger partial charge in [-0.2, -0.15) is 0 Å². The molecule has 4 nitrogen and oxygen atoms in total. The van der Waals surface area contributed by atoms with Crippen molar-refractivity contribution >= 4 is 6.09 Å². The third-order valence-electron chi connectivity index (χ3n) is 2.45. The van der Waals surface area contributed by atoms with Gasteiger partial charge in [0.05, 0.1) is 5.54 Å². The highest BCUT2D eigenvalue weighted by Crippen LogP contribution is 2.27. The van der Waals surface area contributed by atoms with E-state index in [1.165, 1.54) is 0 Å². The van der Waals surface area contributed by atoms with Crippen LogP contribution in [0.15, 0.2) is 0 Å². The molecule has 1 aliphatic rings. The van der Waals surface area contributed by atoms with Crippen molar-refractivity contribution in [3.8, 4) is 0 Å². The first kappa shape index (κ1) is 11.3. The van der Waals surface area contributed by atoms with Gasteiger partial charge in [-0.05, 0) is 12.3 Å². The van der Waals surface area contributed by atoms with Crippen molar-refractivity contribution < 1.29 is 9.53 Å². The molecule has 0 bridgehead atoms. The summed E-state index contributed by atoms with van der Waals surface area (Å²) < 4.78 is 5.02. The predicted molar refractivity (Wildman–Crippen MR) is 55.0 cm³/mol. The van der Waals surface area contributed by atoms with Crippen LogP contribution in [0.5, 0.6) is 0 Å². The second-order valence-corrected chi connectivity index (χ2v) is 5.40. The Morgan fingerprint density at radius 2 is 2.14 bits per heavy atom. The minimum Gasteiger partial charge on any atom is -0.447 e. The normalized spacial score (nSPS) is 28.1. The van der Waals surface area contributed by atoms with Crippen molar-refractivity contribution in [2.75, 3.05) is 19.7 Å². The molecule has 82 valence electrons. The van der Waals surface area contributed by atoms with Crippen LogP contribution in [0.3, 0.4) is 0 Å². The van der Waals surface area contributed by atoms with Crippen LogP contribution in [0.4, 0.5) is 4.79 Å². The molecule has 1 fully saturated rings. The zero-order chi connectivity index (χ0) is 11.0. The molecule has 1 rings (SSSR count). The number of carbonyl (C=O) groups excluding carboxylic acids is 1. The first-order valence-corrected chi connectivity index (χ1v) is 4.93. The number of hydrogen-bond donors (Lipinski definition) is 1. The van der Waals surface area contributed by atoms with Gasteiger partial charge in [-0.15, -0.1) is 0 Å². The number of carbonyl (C=O) groups is 1. The van der Waals surface area contributed by atoms with E-state index in [1.54, 1.807) is 4.90 Å². The Bertz CT molecular complexity index is 235. The number of amides is 1. The molecular weight excluding hydrogens is 180 g/mol. The van der Waals surface area contributed by atoms with E-state index in [-0.39, 0.29) is 17.0 Å². The average Bonchev–Trinajstić information content (AvgIpc) is 2.32. The van der Waals surface area contributed by atoms with Crippen LogP contribution in [0, 0.1) is 5.41 Å². The number of nitrogens with zero attached hydrogens (tertiary/aromatic N) is 1. The lowest BCUT2D eigenvalue weighted by atomic mass is 9.93. The molecule has 4 heteroatoms. The molecule has 0 radical (unpaired) electrons. The van der Waals surface area contributed by atoms with Crippen molar-refractivity contribution in [1.82, 2.24) is 4.90 Å². The number of nitrogens with two attached hydrogens (primary N) is 1. The largest absolute Gasteiger partial charge is 0.447 e. The molecular formula is C10H20N2O2. The van der Waals surface area contributed by atoms with E-state index >= 15 is 0 Å². The predicted octanol–water partition coefficient (Wildman–Crippen LogP) is 1.20. The fraction of sp³-hybridized carbons (Fsp3) is 0.900. The van der Waals surface area contributed by atoms with Gasteiger partial charge in [0.2, 0.25) is 0 Å². The molecule has 0 aromatic heterocycles. The van der Waals surface area contributed by atoms with Gasteiger partial charge in [0.25, 0.3) is 0 Å². The molecule has 14 heavy (non-hydrogen) atoms. The molecule has 0 aromatic carbocycles. The van der Waals surface area contributed by atoms with E-state index in [2.05, 4.69) is 20.8 Å². The van der Waals surface area contributed by atoms with Gasteiger partial charge in [-0.3, -0.25) is 4.90 Å². The van der Waals surface area contributed by atoms with Gasteiger partial charge in [0.15, 0.2) is 0 Å². The van der Waals surface area contributed by atoms with Crippen LogP contribution >= 0.6 is 0 Å². The SMILES string of the molecule is CC(C)(C)CN1C(=O)OCC1(C)CN. The van der Waals surface area contributed by atoms with Crippen molar-refractivity contribution in [2.24, 2.45) is 11.1 Å². The summed E-state index contributed by atoms with van der Waals surface area (Å²) in [6, 6.07) is 0. The second kappa shape index (κ2) is 3.42. The molecule has 1 unspecified atom stereocenters. The van der Waals surface area contributed by atoms with Gasteiger partial charge >= 0.3 is 6.09 Å². The summed E-state index contributed by atoms with van der Waals surface area (Å²) in [4.78, 5) is 13.2. The summed E-state index contributed by atoms with van der Waals surface area (Å²) >= 11 is 0. The van der Waals surface area contributed by atoms with E-state index in [0.29, 0.717) is 19.7 Å². The maximum atomic E-state index is 11.5. The maximum Gasteiger partial charge on any atom is 0.410 e. The Balaban J connectivity index is 2.78. The van der Waals surface area contributed by atoms with Crippen LogP contribution in [0.2, 0.25) is 0 Å². The molecule has 1 aliphatic heterocycles. The van der Waals surface area contributed by atoms with E-state index in [9.17, 15) is 4.79 Å². The molecule has 0 saturated carbocycles. The Kier molecular flexibility index (Phi) is 2.76. The zero-order valence-electron chi connectivity index (χ0n) is 9.46. The van der Waals surface area contributed by atoms with Crippen molar-refractivity contribution in [2.45, 2.75) is 33.2 Å². The van der Waals surface area contributed by atoms with Gasteiger partial charge < -0.3 is 10.5 Å². The fourth-order valence-electron chi connectivity index (χ4n) is 1.49. The topological polar surface area (TPSA) is 55.6 Å². The summed E-state index contributed by atoms with van der Waals surface area (Å²) in [5.74, 6) is 0. The summed E-state index contributed by atoms with van der Waals surface area (Å²) in [5.41, 5.74) is 5.41. The number of ether oxygens (including phenoxy) is 1. The van der Waals surface area contributed by atoms with Crippen molar-refractivity contribution in [1.29, 1.82) is 0 Å². The molecule has 1 amide bonds. The summed E-state index contributed by atoms with van der Waals surface area (Å²) in [6.45, 7) is 9.76. The summed E-state index contributed by atoms with van der Waals surface area (Å²) in [5, 5.41) is 0.